The fourth-order valence-corrected chi connectivity index (χ4v) is 3.12. The maximum atomic E-state index is 9.63. The maximum absolute atomic E-state index is 9.63. The van der Waals surface area contributed by atoms with Crippen LogP contribution in [-0.2, 0) is 4.79 Å². The zero-order chi connectivity index (χ0) is 15.9. The lowest BCUT2D eigenvalue weighted by atomic mass is 10.2. The molecule has 0 radical (unpaired) electrons. The fraction of sp³-hybridized carbons (Fsp3) is 0.938. The Hall–Kier alpha value is -0.220. The van der Waals surface area contributed by atoms with Crippen LogP contribution in [0, 0.1) is 0 Å². The van der Waals surface area contributed by atoms with Crippen LogP contribution in [0.3, 0.4) is 0 Å². The predicted molar refractivity (Wildman–Crippen MR) is 88.9 cm³/mol. The maximum Gasteiger partial charge on any atom is 0.0783 e. The third-order valence-electron chi connectivity index (χ3n) is 3.30. The van der Waals surface area contributed by atoms with E-state index >= 15 is 0 Å². The van der Waals surface area contributed by atoms with Gasteiger partial charge in [0.25, 0.3) is 0 Å². The predicted octanol–water partition coefficient (Wildman–Crippen LogP) is 2.93. The van der Waals surface area contributed by atoms with Crippen molar-refractivity contribution in [3.05, 3.63) is 0 Å². The van der Waals surface area contributed by atoms with Gasteiger partial charge >= 0.3 is 0 Å². The second-order valence-corrected chi connectivity index (χ2v) is 6.34. The summed E-state index contributed by atoms with van der Waals surface area (Å²) in [6, 6.07) is 0. The van der Waals surface area contributed by atoms with Gasteiger partial charge in [-0.05, 0) is 44.1 Å². The number of hydrogen-bond donors (Lipinski definition) is 0. The minimum Gasteiger partial charge on any atom is -0.550 e. The normalized spacial score (nSPS) is 10.8. The van der Waals surface area contributed by atoms with Gasteiger partial charge in [0, 0.05) is 5.97 Å². The lowest BCUT2D eigenvalue weighted by molar-refractivity contribution is -0.928. The zero-order valence-corrected chi connectivity index (χ0v) is 15.1. The minimum atomic E-state index is -0.964. The number of hydrogen-bond acceptors (Lipinski definition) is 3. The molecular formula is C16H35NO2S. The van der Waals surface area contributed by atoms with Gasteiger partial charge in [0.1, 0.15) is 0 Å². The van der Waals surface area contributed by atoms with Gasteiger partial charge in [-0.2, -0.15) is 11.8 Å². The Balaban J connectivity index is 0. The molecule has 20 heavy (non-hydrogen) atoms. The van der Waals surface area contributed by atoms with Crippen molar-refractivity contribution in [3.8, 4) is 0 Å². The molecule has 0 rings (SSSR count). The summed E-state index contributed by atoms with van der Waals surface area (Å²) in [6.07, 6.45) is 7.37. The first-order valence-electron chi connectivity index (χ1n) is 8.05. The summed E-state index contributed by atoms with van der Waals surface area (Å²) in [7, 11) is 0. The van der Waals surface area contributed by atoms with E-state index in [0.29, 0.717) is 5.75 Å². The molecule has 0 saturated heterocycles. The van der Waals surface area contributed by atoms with Gasteiger partial charge in [-0.3, -0.25) is 0 Å². The van der Waals surface area contributed by atoms with Gasteiger partial charge in [-0.15, -0.1) is 0 Å². The highest BCUT2D eigenvalue weighted by Gasteiger charge is 2.22. The van der Waals surface area contributed by atoms with E-state index in [1.165, 1.54) is 68.1 Å². The number of carboxylic acid groups (broad SMARTS) is 1. The van der Waals surface area contributed by atoms with E-state index in [1.807, 2.05) is 6.26 Å². The Morgan fingerprint density at radius 3 is 1.40 bits per heavy atom. The average molecular weight is 306 g/mol. The molecule has 0 aromatic heterocycles. The Labute approximate surface area is 130 Å². The molecule has 0 spiro atoms. The number of rotatable bonds is 11. The molecule has 0 fully saturated rings. The number of thioether (sulfide) groups is 1. The molecule has 0 aliphatic carbocycles. The first-order valence-corrected chi connectivity index (χ1v) is 9.45. The molecule has 122 valence electrons. The van der Waals surface area contributed by atoms with Crippen molar-refractivity contribution in [1.29, 1.82) is 0 Å². The van der Waals surface area contributed by atoms with Crippen molar-refractivity contribution in [3.63, 3.8) is 0 Å². The molecule has 0 aromatic rings. The van der Waals surface area contributed by atoms with Crippen molar-refractivity contribution in [2.75, 3.05) is 38.2 Å². The average Bonchev–Trinajstić information content (AvgIpc) is 2.38. The van der Waals surface area contributed by atoms with Crippen LogP contribution in [-0.4, -0.2) is 48.6 Å². The molecule has 3 nitrogen and oxygen atoms in total. The smallest absolute Gasteiger partial charge is 0.0783 e. The number of quaternary nitrogens is 1. The first-order chi connectivity index (χ1) is 9.51. The molecule has 0 N–H and O–H groups in total. The third-order valence-corrected chi connectivity index (χ3v) is 3.91. The van der Waals surface area contributed by atoms with Crippen LogP contribution in [0.2, 0.25) is 0 Å². The highest BCUT2D eigenvalue weighted by Crippen LogP contribution is 2.12. The molecule has 0 saturated carbocycles. The summed E-state index contributed by atoms with van der Waals surface area (Å²) in [5, 5.41) is 9.63. The van der Waals surface area contributed by atoms with Gasteiger partial charge in [0.2, 0.25) is 0 Å². The highest BCUT2D eigenvalue weighted by atomic mass is 32.2. The summed E-state index contributed by atoms with van der Waals surface area (Å²) in [6.45, 7) is 14.8. The van der Waals surface area contributed by atoms with Crippen molar-refractivity contribution in [2.45, 2.75) is 59.8 Å². The third kappa shape index (κ3) is 12.8. The Kier molecular flexibility index (Phi) is 16.7. The largest absolute Gasteiger partial charge is 0.550 e. The lowest BCUT2D eigenvalue weighted by Gasteiger charge is -2.38. The SMILES string of the molecule is CCC[N+](CCC)(CCC)CCC.CSCCC(=O)[O-]. The number of carbonyl (C=O) groups is 1. The van der Waals surface area contributed by atoms with E-state index in [0.717, 1.165) is 0 Å². The highest BCUT2D eigenvalue weighted by molar-refractivity contribution is 7.98. The van der Waals surface area contributed by atoms with Crippen LogP contribution in [0.5, 0.6) is 0 Å². The molecule has 0 aliphatic heterocycles. The van der Waals surface area contributed by atoms with Crippen LogP contribution in [0.1, 0.15) is 59.8 Å². The number of aliphatic carboxylic acids is 1. The van der Waals surface area contributed by atoms with Crippen LogP contribution in [0.15, 0.2) is 0 Å². The van der Waals surface area contributed by atoms with E-state index in [4.69, 9.17) is 0 Å². The van der Waals surface area contributed by atoms with E-state index in [9.17, 15) is 9.90 Å². The summed E-state index contributed by atoms with van der Waals surface area (Å²) >= 11 is 1.51. The van der Waals surface area contributed by atoms with Crippen molar-refractivity contribution in [2.24, 2.45) is 0 Å². The number of carboxylic acids is 1. The quantitative estimate of drug-likeness (QED) is 0.551. The van der Waals surface area contributed by atoms with Crippen molar-refractivity contribution in [1.82, 2.24) is 0 Å². The second-order valence-electron chi connectivity index (χ2n) is 5.35. The molecule has 4 heteroatoms. The summed E-state index contributed by atoms with van der Waals surface area (Å²) < 4.78 is 1.38. The van der Waals surface area contributed by atoms with Gasteiger partial charge in [0.15, 0.2) is 0 Å². The Bertz CT molecular complexity index is 193. The van der Waals surface area contributed by atoms with E-state index in [1.54, 1.807) is 0 Å². The molecule has 0 unspecified atom stereocenters. The molecule has 0 aliphatic rings. The second kappa shape index (κ2) is 15.2. The summed E-state index contributed by atoms with van der Waals surface area (Å²) in [4.78, 5) is 9.63. The Morgan fingerprint density at radius 2 is 1.25 bits per heavy atom. The van der Waals surface area contributed by atoms with Crippen LogP contribution in [0.4, 0.5) is 0 Å². The van der Waals surface area contributed by atoms with Gasteiger partial charge < -0.3 is 14.4 Å². The van der Waals surface area contributed by atoms with Crippen LogP contribution < -0.4 is 5.11 Å². The van der Waals surface area contributed by atoms with Gasteiger partial charge in [0.05, 0.1) is 26.2 Å². The van der Waals surface area contributed by atoms with Crippen LogP contribution in [0.25, 0.3) is 0 Å². The fourth-order valence-electron chi connectivity index (χ4n) is 2.75. The zero-order valence-electron chi connectivity index (χ0n) is 14.2. The van der Waals surface area contributed by atoms with Crippen molar-refractivity contribution < 1.29 is 14.4 Å². The van der Waals surface area contributed by atoms with Gasteiger partial charge in [-0.1, -0.05) is 27.7 Å². The summed E-state index contributed by atoms with van der Waals surface area (Å²) in [5.41, 5.74) is 0. The lowest BCUT2D eigenvalue weighted by Crippen LogP contribution is -2.50. The topological polar surface area (TPSA) is 40.1 Å². The standard InChI is InChI=1S/C12H28N.C4H8O2S/c1-5-9-13(10-6-2,11-7-3)12-8-4;1-7-3-2-4(5)6/h5-12H2,1-4H3;2-3H2,1H3,(H,5,6)/q+1;/p-1. The summed E-state index contributed by atoms with van der Waals surface area (Å²) in [5.74, 6) is -0.308. The molecule has 0 heterocycles. The number of carbonyl (C=O) groups excluding carboxylic acids is 1. The molecule has 0 aromatic carbocycles. The van der Waals surface area contributed by atoms with Crippen LogP contribution >= 0.6 is 11.8 Å². The van der Waals surface area contributed by atoms with E-state index < -0.39 is 5.97 Å². The molecule has 0 atom stereocenters. The number of nitrogens with zero attached hydrogens (tertiary/aromatic N) is 1. The molecule has 0 bridgehead atoms. The first kappa shape index (κ1) is 22.1. The van der Waals surface area contributed by atoms with E-state index in [2.05, 4.69) is 27.7 Å². The monoisotopic (exact) mass is 305 g/mol. The Morgan fingerprint density at radius 1 is 0.900 bits per heavy atom. The molecular weight excluding hydrogens is 270 g/mol. The molecule has 0 amide bonds. The minimum absolute atomic E-state index is 0.168. The van der Waals surface area contributed by atoms with E-state index in [-0.39, 0.29) is 6.42 Å². The van der Waals surface area contributed by atoms with Crippen molar-refractivity contribution >= 4 is 17.7 Å². The van der Waals surface area contributed by atoms with Gasteiger partial charge in [-0.25, -0.2) is 0 Å².